The zero-order valence-corrected chi connectivity index (χ0v) is 13.4. The Morgan fingerprint density at radius 2 is 2.00 bits per heavy atom. The molecule has 1 aliphatic heterocycles. The van der Waals surface area contributed by atoms with Gasteiger partial charge in [-0.2, -0.15) is 0 Å². The summed E-state index contributed by atoms with van der Waals surface area (Å²) in [5.41, 5.74) is 6.94. The smallest absolute Gasteiger partial charge is 0.247 e. The van der Waals surface area contributed by atoms with Crippen molar-refractivity contribution in [2.45, 2.75) is 44.2 Å². The molecule has 1 aromatic carbocycles. The Hall–Kier alpha value is -1.88. The van der Waals surface area contributed by atoms with E-state index < -0.39 is 6.04 Å². The monoisotopic (exact) mass is 315 g/mol. The van der Waals surface area contributed by atoms with Crippen molar-refractivity contribution in [3.63, 3.8) is 0 Å². The van der Waals surface area contributed by atoms with Gasteiger partial charge in [0.05, 0.1) is 0 Å². The second-order valence-corrected chi connectivity index (χ2v) is 6.60. The van der Waals surface area contributed by atoms with Crippen molar-refractivity contribution in [2.75, 3.05) is 13.1 Å². The number of likely N-dealkylation sites (tertiary alicyclic amines) is 1. The molecule has 5 nitrogen and oxygen atoms in total. The Morgan fingerprint density at radius 1 is 1.26 bits per heavy atom. The largest absolute Gasteiger partial charge is 0.352 e. The van der Waals surface area contributed by atoms with E-state index in [4.69, 9.17) is 5.73 Å². The molecule has 2 amide bonds. The molecule has 0 spiro atoms. The van der Waals surface area contributed by atoms with Crippen molar-refractivity contribution in [1.82, 2.24) is 10.2 Å². The second kappa shape index (κ2) is 7.13. The van der Waals surface area contributed by atoms with E-state index in [0.29, 0.717) is 25.4 Å². The summed E-state index contributed by atoms with van der Waals surface area (Å²) in [7, 11) is 0. The van der Waals surface area contributed by atoms with Gasteiger partial charge in [0.2, 0.25) is 11.8 Å². The van der Waals surface area contributed by atoms with Crippen LogP contribution >= 0.6 is 0 Å². The molecule has 2 atom stereocenters. The van der Waals surface area contributed by atoms with Crippen LogP contribution in [0.5, 0.6) is 0 Å². The predicted molar refractivity (Wildman–Crippen MR) is 88.5 cm³/mol. The van der Waals surface area contributed by atoms with E-state index in [1.807, 2.05) is 30.3 Å². The van der Waals surface area contributed by atoms with Gasteiger partial charge in [0.25, 0.3) is 0 Å². The fraction of sp³-hybridized carbons (Fsp3) is 0.556. The first-order valence-electron chi connectivity index (χ1n) is 8.54. The lowest BCUT2D eigenvalue weighted by molar-refractivity contribution is -0.142. The first-order chi connectivity index (χ1) is 11.2. The number of nitrogens with two attached hydrogens (primary N) is 1. The number of nitrogens with zero attached hydrogens (tertiary/aromatic N) is 1. The van der Waals surface area contributed by atoms with Crippen LogP contribution < -0.4 is 11.1 Å². The van der Waals surface area contributed by atoms with Gasteiger partial charge in [-0.05, 0) is 37.2 Å². The van der Waals surface area contributed by atoms with E-state index in [2.05, 4.69) is 5.32 Å². The van der Waals surface area contributed by atoms with E-state index in [9.17, 15) is 9.59 Å². The maximum Gasteiger partial charge on any atom is 0.247 e. The highest BCUT2D eigenvalue weighted by Crippen LogP contribution is 2.31. The van der Waals surface area contributed by atoms with Crippen LogP contribution in [0.1, 0.15) is 43.7 Å². The summed E-state index contributed by atoms with van der Waals surface area (Å²) in [5.74, 6) is 0.483. The maximum absolute atomic E-state index is 12.8. The van der Waals surface area contributed by atoms with Crippen LogP contribution in [0.4, 0.5) is 0 Å². The number of hydrogen-bond donors (Lipinski definition) is 2. The molecule has 1 saturated heterocycles. The van der Waals surface area contributed by atoms with Gasteiger partial charge in [-0.1, -0.05) is 30.3 Å². The third-order valence-corrected chi connectivity index (χ3v) is 4.77. The van der Waals surface area contributed by atoms with Gasteiger partial charge in [-0.3, -0.25) is 9.59 Å². The number of piperidine rings is 1. The standard InChI is InChI=1S/C18H25N3O2/c19-15(13-9-10-13)12-20-18(23)17(14-6-2-1-3-7-14)21-11-5-4-8-16(21)22/h1-3,6-7,13,15,17H,4-5,8-12,19H2,(H,20,23). The molecule has 23 heavy (non-hydrogen) atoms. The molecule has 3 N–H and O–H groups in total. The average Bonchev–Trinajstić information content (AvgIpc) is 3.41. The summed E-state index contributed by atoms with van der Waals surface area (Å²) in [5, 5.41) is 2.96. The van der Waals surface area contributed by atoms with Crippen LogP contribution in [-0.2, 0) is 9.59 Å². The SMILES string of the molecule is NC(CNC(=O)C(c1ccccc1)N1CCCCC1=O)C1CC1. The van der Waals surface area contributed by atoms with Crippen LogP contribution in [0.2, 0.25) is 0 Å². The van der Waals surface area contributed by atoms with Crippen molar-refractivity contribution in [3.05, 3.63) is 35.9 Å². The van der Waals surface area contributed by atoms with Gasteiger partial charge in [-0.25, -0.2) is 0 Å². The third kappa shape index (κ3) is 3.91. The quantitative estimate of drug-likeness (QED) is 0.837. The molecular weight excluding hydrogens is 290 g/mol. The summed E-state index contributed by atoms with van der Waals surface area (Å²) in [6, 6.07) is 9.02. The molecule has 1 heterocycles. The first kappa shape index (κ1) is 16.0. The lowest BCUT2D eigenvalue weighted by atomic mass is 10.0. The highest BCUT2D eigenvalue weighted by molar-refractivity contribution is 5.89. The predicted octanol–water partition coefficient (Wildman–Crippen LogP) is 1.59. The molecule has 0 aromatic heterocycles. The number of nitrogens with one attached hydrogen (secondary N) is 1. The molecule has 0 radical (unpaired) electrons. The Bertz CT molecular complexity index is 557. The highest BCUT2D eigenvalue weighted by Gasteiger charge is 2.34. The minimum absolute atomic E-state index is 0.0208. The number of benzene rings is 1. The highest BCUT2D eigenvalue weighted by atomic mass is 16.2. The zero-order valence-electron chi connectivity index (χ0n) is 13.4. The van der Waals surface area contributed by atoms with E-state index >= 15 is 0 Å². The minimum Gasteiger partial charge on any atom is -0.352 e. The summed E-state index contributed by atoms with van der Waals surface area (Å²) >= 11 is 0. The fourth-order valence-electron chi connectivity index (χ4n) is 3.21. The normalized spacial score (nSPS) is 20.9. The van der Waals surface area contributed by atoms with Gasteiger partial charge < -0.3 is 16.0 Å². The Balaban J connectivity index is 1.73. The summed E-state index contributed by atoms with van der Waals surface area (Å²) in [6.07, 6.45) is 4.70. The third-order valence-electron chi connectivity index (χ3n) is 4.77. The number of carbonyl (C=O) groups excluding carboxylic acids is 2. The van der Waals surface area contributed by atoms with Gasteiger partial charge >= 0.3 is 0 Å². The van der Waals surface area contributed by atoms with Crippen molar-refractivity contribution in [3.8, 4) is 0 Å². The summed E-state index contributed by atoms with van der Waals surface area (Å²) in [4.78, 5) is 26.8. The van der Waals surface area contributed by atoms with Crippen LogP contribution in [0, 0.1) is 5.92 Å². The molecule has 1 saturated carbocycles. The van der Waals surface area contributed by atoms with Gasteiger partial charge in [0, 0.05) is 25.6 Å². The van der Waals surface area contributed by atoms with Crippen molar-refractivity contribution >= 4 is 11.8 Å². The molecule has 2 fully saturated rings. The molecule has 124 valence electrons. The Kier molecular flexibility index (Phi) is 4.96. The Morgan fingerprint density at radius 3 is 2.65 bits per heavy atom. The van der Waals surface area contributed by atoms with Crippen molar-refractivity contribution in [1.29, 1.82) is 0 Å². The van der Waals surface area contributed by atoms with Gasteiger partial charge in [0.15, 0.2) is 0 Å². The molecule has 3 rings (SSSR count). The van der Waals surface area contributed by atoms with Crippen LogP contribution in [0.25, 0.3) is 0 Å². The maximum atomic E-state index is 12.8. The lowest BCUT2D eigenvalue weighted by Gasteiger charge is -2.34. The molecule has 2 aliphatic rings. The lowest BCUT2D eigenvalue weighted by Crippen LogP contribution is -2.48. The molecule has 5 heteroatoms. The molecule has 0 bridgehead atoms. The van der Waals surface area contributed by atoms with E-state index in [1.54, 1.807) is 4.90 Å². The molecule has 1 aromatic rings. The van der Waals surface area contributed by atoms with Crippen LogP contribution in [0.15, 0.2) is 30.3 Å². The number of rotatable bonds is 6. The van der Waals surface area contributed by atoms with Crippen LogP contribution in [-0.4, -0.2) is 35.8 Å². The molecule has 2 unspecified atom stereocenters. The average molecular weight is 315 g/mol. The second-order valence-electron chi connectivity index (χ2n) is 6.60. The number of amides is 2. The van der Waals surface area contributed by atoms with E-state index in [1.165, 1.54) is 0 Å². The van der Waals surface area contributed by atoms with Gasteiger partial charge in [0.1, 0.15) is 6.04 Å². The van der Waals surface area contributed by atoms with Gasteiger partial charge in [-0.15, -0.1) is 0 Å². The van der Waals surface area contributed by atoms with Crippen LogP contribution in [0.3, 0.4) is 0 Å². The van der Waals surface area contributed by atoms with E-state index in [-0.39, 0.29) is 17.9 Å². The minimum atomic E-state index is -0.546. The first-order valence-corrected chi connectivity index (χ1v) is 8.54. The van der Waals surface area contributed by atoms with E-state index in [0.717, 1.165) is 31.2 Å². The number of carbonyl (C=O) groups is 2. The van der Waals surface area contributed by atoms with Crippen molar-refractivity contribution in [2.24, 2.45) is 11.7 Å². The molecular formula is C18H25N3O2. The zero-order chi connectivity index (χ0) is 16.2. The summed E-state index contributed by atoms with van der Waals surface area (Å²) < 4.78 is 0. The Labute approximate surface area is 137 Å². The van der Waals surface area contributed by atoms with Crippen molar-refractivity contribution < 1.29 is 9.59 Å². The molecule has 1 aliphatic carbocycles. The number of hydrogen-bond acceptors (Lipinski definition) is 3. The fourth-order valence-corrected chi connectivity index (χ4v) is 3.21. The summed E-state index contributed by atoms with van der Waals surface area (Å²) in [6.45, 7) is 1.12. The topological polar surface area (TPSA) is 75.4 Å².